The lowest BCUT2D eigenvalue weighted by Gasteiger charge is -2.20. The predicted molar refractivity (Wildman–Crippen MR) is 140 cm³/mol. The van der Waals surface area contributed by atoms with Crippen LogP contribution >= 0.6 is 11.9 Å². The number of halogens is 2. The Morgan fingerprint density at radius 2 is 2.00 bits per heavy atom. The molecule has 3 heterocycles. The lowest BCUT2D eigenvalue weighted by atomic mass is 10.0. The van der Waals surface area contributed by atoms with Crippen LogP contribution in [0.25, 0.3) is 22.9 Å². The Morgan fingerprint density at radius 1 is 1.18 bits per heavy atom. The van der Waals surface area contributed by atoms with E-state index in [1.165, 1.54) is 24.3 Å². The van der Waals surface area contributed by atoms with E-state index in [9.17, 15) is 13.6 Å². The highest BCUT2D eigenvalue weighted by Gasteiger charge is 2.27. The van der Waals surface area contributed by atoms with Crippen LogP contribution in [0.2, 0.25) is 0 Å². The zero-order valence-corrected chi connectivity index (χ0v) is 21.7. The van der Waals surface area contributed by atoms with Gasteiger partial charge < -0.3 is 9.84 Å². The first kappa shape index (κ1) is 25.8. The third-order valence-electron chi connectivity index (χ3n) is 5.92. The van der Waals surface area contributed by atoms with Gasteiger partial charge in [-0.3, -0.25) is 14.2 Å². The average Bonchev–Trinajstić information content (AvgIpc) is 3.38. The van der Waals surface area contributed by atoms with E-state index in [0.29, 0.717) is 34.3 Å². The van der Waals surface area contributed by atoms with Crippen molar-refractivity contribution in [2.24, 2.45) is 5.92 Å². The fraction of sp³-hybridized carbons (Fsp3) is 0.346. The van der Waals surface area contributed by atoms with Crippen LogP contribution in [0.1, 0.15) is 38.7 Å². The van der Waals surface area contributed by atoms with Crippen molar-refractivity contribution in [3.63, 3.8) is 0 Å². The number of hydrogen-bond donors (Lipinski definition) is 2. The molecule has 1 fully saturated rings. The molecule has 38 heavy (non-hydrogen) atoms. The minimum absolute atomic E-state index is 0.0983. The van der Waals surface area contributed by atoms with Crippen LogP contribution in [-0.4, -0.2) is 42.1 Å². The van der Waals surface area contributed by atoms with Gasteiger partial charge in [0.15, 0.2) is 17.5 Å². The van der Waals surface area contributed by atoms with Gasteiger partial charge in [-0.15, -0.1) is 0 Å². The first-order chi connectivity index (χ1) is 18.4. The Balaban J connectivity index is 1.44. The lowest BCUT2D eigenvalue weighted by molar-refractivity contribution is -0.120. The Bertz CT molecular complexity index is 1410. The maximum absolute atomic E-state index is 14.8. The van der Waals surface area contributed by atoms with Gasteiger partial charge in [-0.2, -0.15) is 5.10 Å². The SMILES string of the molecule is CC(C)CC(Nc1nc(-c2cc(-c3ccon3)n(Cc3ccccc3F)n2)ncc1F)C(=O)NSC1CC1. The van der Waals surface area contributed by atoms with Gasteiger partial charge >= 0.3 is 0 Å². The van der Waals surface area contributed by atoms with Crippen molar-refractivity contribution in [2.75, 3.05) is 5.32 Å². The van der Waals surface area contributed by atoms with Crippen molar-refractivity contribution in [1.29, 1.82) is 0 Å². The highest BCUT2D eigenvalue weighted by atomic mass is 32.2. The smallest absolute Gasteiger partial charge is 0.252 e. The number of hydrogen-bond acceptors (Lipinski definition) is 8. The van der Waals surface area contributed by atoms with Crippen molar-refractivity contribution in [1.82, 2.24) is 29.6 Å². The molecule has 2 N–H and O–H groups in total. The molecule has 12 heteroatoms. The molecule has 3 aromatic heterocycles. The molecule has 1 aromatic carbocycles. The van der Waals surface area contributed by atoms with E-state index in [2.05, 4.69) is 30.3 Å². The van der Waals surface area contributed by atoms with Crippen LogP contribution in [0.4, 0.5) is 14.6 Å². The maximum Gasteiger partial charge on any atom is 0.252 e. The van der Waals surface area contributed by atoms with E-state index in [1.807, 2.05) is 13.8 Å². The number of amides is 1. The van der Waals surface area contributed by atoms with Crippen LogP contribution in [0.15, 0.2) is 53.4 Å². The van der Waals surface area contributed by atoms with Gasteiger partial charge in [-0.05, 0) is 49.3 Å². The molecule has 0 aliphatic heterocycles. The Morgan fingerprint density at radius 3 is 2.71 bits per heavy atom. The zero-order valence-electron chi connectivity index (χ0n) is 20.9. The second-order valence-corrected chi connectivity index (χ2v) is 10.7. The third-order valence-corrected chi connectivity index (χ3v) is 7.04. The normalized spacial score (nSPS) is 14.0. The molecule has 5 rings (SSSR count). The number of carbonyl (C=O) groups excluding carboxylic acids is 1. The number of nitrogens with zero attached hydrogens (tertiary/aromatic N) is 5. The number of nitrogens with one attached hydrogen (secondary N) is 2. The number of benzene rings is 1. The monoisotopic (exact) mass is 539 g/mol. The van der Waals surface area contributed by atoms with Gasteiger partial charge in [0.2, 0.25) is 0 Å². The minimum Gasteiger partial charge on any atom is -0.364 e. The van der Waals surface area contributed by atoms with Gasteiger partial charge in [0.1, 0.15) is 29.5 Å². The summed E-state index contributed by atoms with van der Waals surface area (Å²) in [6, 6.07) is 9.07. The van der Waals surface area contributed by atoms with Crippen LogP contribution < -0.4 is 10.0 Å². The molecule has 9 nitrogen and oxygen atoms in total. The molecular weight excluding hydrogens is 512 g/mol. The summed E-state index contributed by atoms with van der Waals surface area (Å²) in [5.74, 6) is -1.05. The van der Waals surface area contributed by atoms with Gasteiger partial charge in [0, 0.05) is 16.9 Å². The fourth-order valence-corrected chi connectivity index (χ4v) is 4.64. The fourth-order valence-electron chi connectivity index (χ4n) is 3.84. The Hall–Kier alpha value is -3.80. The summed E-state index contributed by atoms with van der Waals surface area (Å²) in [7, 11) is 0. The summed E-state index contributed by atoms with van der Waals surface area (Å²) in [4.78, 5) is 21.3. The predicted octanol–water partition coefficient (Wildman–Crippen LogP) is 5.08. The molecule has 0 spiro atoms. The molecule has 1 unspecified atom stereocenters. The van der Waals surface area contributed by atoms with E-state index >= 15 is 0 Å². The molecule has 0 bridgehead atoms. The van der Waals surface area contributed by atoms with Crippen molar-refractivity contribution in [3.8, 4) is 22.9 Å². The van der Waals surface area contributed by atoms with Gasteiger partial charge in [0.25, 0.3) is 5.91 Å². The maximum atomic E-state index is 14.8. The summed E-state index contributed by atoms with van der Waals surface area (Å²) >= 11 is 1.41. The second-order valence-electron chi connectivity index (χ2n) is 9.55. The molecule has 0 radical (unpaired) electrons. The Labute approximate surface area is 222 Å². The summed E-state index contributed by atoms with van der Waals surface area (Å²) in [6.45, 7) is 4.10. The molecular formula is C26H27F2N7O2S. The second kappa shape index (κ2) is 11.3. The standard InChI is InChI=1S/C26H27F2N7O2S/c1-15(2)11-22(26(36)34-38-17-7-8-17)30-24-19(28)13-29-25(31-24)21-12-23(20-9-10-37-33-20)35(32-21)14-16-5-3-4-6-18(16)27/h3-6,9-10,12-13,15,17,22H,7-8,11,14H2,1-2H3,(H,34,36)(H,29,30,31). The molecule has 1 atom stereocenters. The minimum atomic E-state index is -0.687. The number of rotatable bonds is 11. The van der Waals surface area contributed by atoms with E-state index < -0.39 is 11.9 Å². The van der Waals surface area contributed by atoms with E-state index in [1.54, 1.807) is 35.0 Å². The third kappa shape index (κ3) is 6.18. The quantitative estimate of drug-likeness (QED) is 0.254. The van der Waals surface area contributed by atoms with Crippen molar-refractivity contribution >= 4 is 23.7 Å². The van der Waals surface area contributed by atoms with Crippen LogP contribution in [0.5, 0.6) is 0 Å². The lowest BCUT2D eigenvalue weighted by Crippen LogP contribution is -2.38. The number of aromatic nitrogens is 5. The van der Waals surface area contributed by atoms with Crippen LogP contribution in [0.3, 0.4) is 0 Å². The first-order valence-electron chi connectivity index (χ1n) is 12.3. The molecule has 1 amide bonds. The summed E-state index contributed by atoms with van der Waals surface area (Å²) in [6.07, 6.45) is 5.12. The van der Waals surface area contributed by atoms with Crippen molar-refractivity contribution in [3.05, 3.63) is 66.1 Å². The number of carbonyl (C=O) groups is 1. The molecule has 1 saturated carbocycles. The van der Waals surface area contributed by atoms with Crippen LogP contribution in [-0.2, 0) is 11.3 Å². The van der Waals surface area contributed by atoms with Gasteiger partial charge in [-0.25, -0.2) is 18.7 Å². The molecule has 4 aromatic rings. The van der Waals surface area contributed by atoms with E-state index in [0.717, 1.165) is 19.0 Å². The first-order valence-corrected chi connectivity index (χ1v) is 13.2. The van der Waals surface area contributed by atoms with Crippen LogP contribution in [0, 0.1) is 17.6 Å². The molecule has 0 saturated heterocycles. The molecule has 1 aliphatic carbocycles. The molecule has 198 valence electrons. The Kier molecular flexibility index (Phi) is 7.68. The highest BCUT2D eigenvalue weighted by Crippen LogP contribution is 2.32. The topological polar surface area (TPSA) is 111 Å². The highest BCUT2D eigenvalue weighted by molar-refractivity contribution is 7.98. The summed E-state index contributed by atoms with van der Waals surface area (Å²) < 4.78 is 38.6. The number of anilines is 1. The van der Waals surface area contributed by atoms with Gasteiger partial charge in [0.05, 0.1) is 18.4 Å². The zero-order chi connectivity index (χ0) is 26.6. The van der Waals surface area contributed by atoms with E-state index in [4.69, 9.17) is 4.52 Å². The molecule has 1 aliphatic rings. The largest absolute Gasteiger partial charge is 0.364 e. The average molecular weight is 540 g/mol. The summed E-state index contributed by atoms with van der Waals surface area (Å²) in [5.41, 5.74) is 1.80. The van der Waals surface area contributed by atoms with E-state index in [-0.39, 0.29) is 35.8 Å². The summed E-state index contributed by atoms with van der Waals surface area (Å²) in [5, 5.41) is 12.0. The van der Waals surface area contributed by atoms with Crippen molar-refractivity contribution < 1.29 is 18.1 Å². The van der Waals surface area contributed by atoms with Gasteiger partial charge in [-0.1, -0.05) is 37.2 Å². The van der Waals surface area contributed by atoms with Crippen molar-refractivity contribution in [2.45, 2.75) is 50.9 Å².